The maximum atomic E-state index is 11.1. The fraction of sp³-hybridized carbons (Fsp3) is 0.500. The number of nitrogens with two attached hydrogens (primary N) is 1. The molecule has 1 rings (SSSR count). The number of rotatable bonds is 2. The largest absolute Gasteiger partial charge is 0.466 e. The standard InChI is InChI=1S/C8H11NO4/c1-13-8(12)6-3-4(10)2-5(6)7(9)11/h3-5,10H,2H2,1H3,(H2,9,11). The molecule has 2 unspecified atom stereocenters. The van der Waals surface area contributed by atoms with Gasteiger partial charge >= 0.3 is 5.97 Å². The summed E-state index contributed by atoms with van der Waals surface area (Å²) >= 11 is 0. The predicted molar refractivity (Wildman–Crippen MR) is 43.4 cm³/mol. The number of amides is 1. The van der Waals surface area contributed by atoms with Crippen molar-refractivity contribution in [2.45, 2.75) is 12.5 Å². The minimum atomic E-state index is -0.786. The van der Waals surface area contributed by atoms with E-state index in [-0.39, 0.29) is 12.0 Å². The molecular formula is C8H11NO4. The van der Waals surface area contributed by atoms with Crippen LogP contribution in [-0.2, 0) is 14.3 Å². The first-order valence-electron chi connectivity index (χ1n) is 3.83. The van der Waals surface area contributed by atoms with Crippen LogP contribution < -0.4 is 5.73 Å². The van der Waals surface area contributed by atoms with Gasteiger partial charge in [0.1, 0.15) is 0 Å². The third-order valence-electron chi connectivity index (χ3n) is 1.99. The van der Waals surface area contributed by atoms with Crippen molar-refractivity contribution >= 4 is 11.9 Å². The third kappa shape index (κ3) is 1.86. The average molecular weight is 185 g/mol. The lowest BCUT2D eigenvalue weighted by Gasteiger charge is -2.08. The van der Waals surface area contributed by atoms with E-state index in [1.54, 1.807) is 0 Å². The number of aliphatic hydroxyl groups excluding tert-OH is 1. The summed E-state index contributed by atoms with van der Waals surface area (Å²) in [6.07, 6.45) is 0.688. The van der Waals surface area contributed by atoms with Gasteiger partial charge in [0, 0.05) is 5.57 Å². The molecule has 0 aromatic rings. The summed E-state index contributed by atoms with van der Waals surface area (Å²) in [4.78, 5) is 21.9. The van der Waals surface area contributed by atoms with Crippen LogP contribution in [-0.4, -0.2) is 30.2 Å². The summed E-state index contributed by atoms with van der Waals surface area (Å²) in [6.45, 7) is 0. The normalized spacial score (nSPS) is 26.8. The van der Waals surface area contributed by atoms with Gasteiger partial charge in [0.15, 0.2) is 0 Å². The Morgan fingerprint density at radius 1 is 1.69 bits per heavy atom. The lowest BCUT2D eigenvalue weighted by molar-refractivity contribution is -0.138. The fourth-order valence-corrected chi connectivity index (χ4v) is 1.36. The second-order valence-corrected chi connectivity index (χ2v) is 2.87. The minimum absolute atomic E-state index is 0.155. The fourth-order valence-electron chi connectivity index (χ4n) is 1.36. The van der Waals surface area contributed by atoms with E-state index in [4.69, 9.17) is 5.73 Å². The molecule has 0 radical (unpaired) electrons. The highest BCUT2D eigenvalue weighted by Crippen LogP contribution is 2.26. The molecule has 0 aromatic carbocycles. The zero-order chi connectivity index (χ0) is 10.0. The first kappa shape index (κ1) is 9.73. The van der Waals surface area contributed by atoms with Crippen molar-refractivity contribution in [1.29, 1.82) is 0 Å². The molecule has 0 saturated heterocycles. The van der Waals surface area contributed by atoms with Crippen molar-refractivity contribution in [2.75, 3.05) is 7.11 Å². The molecule has 1 amide bonds. The third-order valence-corrected chi connectivity index (χ3v) is 1.99. The van der Waals surface area contributed by atoms with Gasteiger partial charge in [-0.1, -0.05) is 0 Å². The van der Waals surface area contributed by atoms with Gasteiger partial charge in [-0.15, -0.1) is 0 Å². The summed E-state index contributed by atoms with van der Waals surface area (Å²) in [5.74, 6) is -1.95. The molecule has 0 bridgehead atoms. The van der Waals surface area contributed by atoms with E-state index in [2.05, 4.69) is 4.74 Å². The highest BCUT2D eigenvalue weighted by molar-refractivity contribution is 5.97. The maximum absolute atomic E-state index is 11.1. The Morgan fingerprint density at radius 2 is 2.31 bits per heavy atom. The molecule has 0 heterocycles. The molecule has 72 valence electrons. The van der Waals surface area contributed by atoms with Gasteiger partial charge in [0.25, 0.3) is 0 Å². The molecule has 5 heteroatoms. The van der Waals surface area contributed by atoms with Crippen molar-refractivity contribution in [3.05, 3.63) is 11.6 Å². The van der Waals surface area contributed by atoms with Crippen LogP contribution >= 0.6 is 0 Å². The number of esters is 1. The summed E-state index contributed by atoms with van der Waals surface area (Å²) < 4.78 is 4.44. The van der Waals surface area contributed by atoms with E-state index < -0.39 is 23.9 Å². The van der Waals surface area contributed by atoms with Gasteiger partial charge in [0.2, 0.25) is 5.91 Å². The average Bonchev–Trinajstić information content (AvgIpc) is 2.46. The quantitative estimate of drug-likeness (QED) is 0.537. The summed E-state index contributed by atoms with van der Waals surface area (Å²) in [5.41, 5.74) is 5.20. The molecule has 1 aliphatic carbocycles. The van der Waals surface area contributed by atoms with Crippen molar-refractivity contribution in [1.82, 2.24) is 0 Å². The number of primary amides is 1. The Kier molecular flexibility index (Phi) is 2.67. The van der Waals surface area contributed by atoms with Crippen LogP contribution in [0, 0.1) is 5.92 Å². The van der Waals surface area contributed by atoms with Crippen LogP contribution in [0.3, 0.4) is 0 Å². The van der Waals surface area contributed by atoms with E-state index in [1.807, 2.05) is 0 Å². The first-order valence-corrected chi connectivity index (χ1v) is 3.83. The van der Waals surface area contributed by atoms with Crippen LogP contribution in [0.2, 0.25) is 0 Å². The molecule has 0 aromatic heterocycles. The molecule has 13 heavy (non-hydrogen) atoms. The summed E-state index contributed by atoms with van der Waals surface area (Å²) in [6, 6.07) is 0. The number of ether oxygens (including phenoxy) is 1. The number of carbonyl (C=O) groups is 2. The molecule has 0 aliphatic heterocycles. The lowest BCUT2D eigenvalue weighted by Crippen LogP contribution is -2.26. The summed E-state index contributed by atoms with van der Waals surface area (Å²) in [5, 5.41) is 9.17. The molecular weight excluding hydrogens is 174 g/mol. The van der Waals surface area contributed by atoms with E-state index in [0.29, 0.717) is 0 Å². The van der Waals surface area contributed by atoms with Gasteiger partial charge in [-0.25, -0.2) is 4.79 Å². The molecule has 5 nitrogen and oxygen atoms in total. The predicted octanol–water partition coefficient (Wildman–Crippen LogP) is -1.05. The van der Waals surface area contributed by atoms with Crippen molar-refractivity contribution in [3.8, 4) is 0 Å². The molecule has 1 aliphatic rings. The van der Waals surface area contributed by atoms with Gasteiger partial charge in [-0.3, -0.25) is 4.79 Å². The smallest absolute Gasteiger partial charge is 0.334 e. The monoisotopic (exact) mass is 185 g/mol. The maximum Gasteiger partial charge on any atom is 0.334 e. The highest BCUT2D eigenvalue weighted by Gasteiger charge is 2.34. The molecule has 3 N–H and O–H groups in total. The Bertz CT molecular complexity index is 271. The number of hydrogen-bond donors (Lipinski definition) is 2. The molecule has 0 fully saturated rings. The first-order chi connectivity index (χ1) is 6.06. The van der Waals surface area contributed by atoms with Gasteiger partial charge in [-0.2, -0.15) is 0 Å². The number of aliphatic hydroxyl groups is 1. The Hall–Kier alpha value is -1.36. The van der Waals surface area contributed by atoms with E-state index in [9.17, 15) is 14.7 Å². The van der Waals surface area contributed by atoms with Crippen LogP contribution in [0.4, 0.5) is 0 Å². The second kappa shape index (κ2) is 3.57. The molecule has 2 atom stereocenters. The Balaban J connectivity index is 2.85. The van der Waals surface area contributed by atoms with E-state index in [0.717, 1.165) is 0 Å². The van der Waals surface area contributed by atoms with Crippen LogP contribution in [0.25, 0.3) is 0 Å². The zero-order valence-corrected chi connectivity index (χ0v) is 7.19. The lowest BCUT2D eigenvalue weighted by atomic mass is 10.0. The zero-order valence-electron chi connectivity index (χ0n) is 7.19. The van der Waals surface area contributed by atoms with E-state index >= 15 is 0 Å². The van der Waals surface area contributed by atoms with Crippen molar-refractivity contribution < 1.29 is 19.4 Å². The van der Waals surface area contributed by atoms with Crippen LogP contribution in [0.1, 0.15) is 6.42 Å². The van der Waals surface area contributed by atoms with Crippen molar-refractivity contribution in [2.24, 2.45) is 11.7 Å². The Labute approximate surface area is 75.2 Å². The van der Waals surface area contributed by atoms with Gasteiger partial charge < -0.3 is 15.6 Å². The van der Waals surface area contributed by atoms with Crippen molar-refractivity contribution in [3.63, 3.8) is 0 Å². The van der Waals surface area contributed by atoms with Crippen LogP contribution in [0.5, 0.6) is 0 Å². The second-order valence-electron chi connectivity index (χ2n) is 2.87. The Morgan fingerprint density at radius 3 is 2.77 bits per heavy atom. The molecule has 0 saturated carbocycles. The van der Waals surface area contributed by atoms with Crippen LogP contribution in [0.15, 0.2) is 11.6 Å². The molecule has 0 spiro atoms. The highest BCUT2D eigenvalue weighted by atomic mass is 16.5. The van der Waals surface area contributed by atoms with Gasteiger partial charge in [-0.05, 0) is 12.5 Å². The number of carbonyl (C=O) groups excluding carboxylic acids is 2. The topological polar surface area (TPSA) is 89.6 Å². The number of hydrogen-bond acceptors (Lipinski definition) is 4. The SMILES string of the molecule is COC(=O)C1=CC(O)CC1C(N)=O. The number of methoxy groups -OCH3 is 1. The summed E-state index contributed by atoms with van der Waals surface area (Å²) in [7, 11) is 1.21. The minimum Gasteiger partial charge on any atom is -0.466 e. The van der Waals surface area contributed by atoms with E-state index in [1.165, 1.54) is 13.2 Å². The van der Waals surface area contributed by atoms with Gasteiger partial charge in [0.05, 0.1) is 19.1 Å².